The number of nitrogens with zero attached hydrogens (tertiary/aromatic N) is 1. The highest BCUT2D eigenvalue weighted by Gasteiger charge is 2.49. The minimum atomic E-state index is -0.186. The average Bonchev–Trinajstić information content (AvgIpc) is 2.69. The Morgan fingerprint density at radius 2 is 2.16 bits per heavy atom. The number of rotatable bonds is 1. The van der Waals surface area contributed by atoms with E-state index in [0.717, 1.165) is 10.9 Å². The van der Waals surface area contributed by atoms with Crippen molar-refractivity contribution < 1.29 is 9.59 Å². The molecule has 0 radical (unpaired) electrons. The zero-order chi connectivity index (χ0) is 13.6. The van der Waals surface area contributed by atoms with Crippen LogP contribution in [0.25, 0.3) is 0 Å². The van der Waals surface area contributed by atoms with Crippen molar-refractivity contribution in [1.82, 2.24) is 10.2 Å². The number of nitrogens with one attached hydrogen (secondary N) is 1. The van der Waals surface area contributed by atoms with Gasteiger partial charge in [-0.3, -0.25) is 9.59 Å². The minimum Gasteiger partial charge on any atom is -0.347 e. The van der Waals surface area contributed by atoms with Crippen LogP contribution in [0.15, 0.2) is 22.7 Å². The summed E-state index contributed by atoms with van der Waals surface area (Å²) in [5.41, 5.74) is 0.318. The molecule has 4 nitrogen and oxygen atoms in total. The Balaban J connectivity index is 1.72. The Hall–Kier alpha value is -1.07. The van der Waals surface area contributed by atoms with E-state index in [2.05, 4.69) is 21.2 Å². The predicted molar refractivity (Wildman–Crippen MR) is 75.2 cm³/mol. The van der Waals surface area contributed by atoms with Crippen molar-refractivity contribution in [2.24, 2.45) is 0 Å². The van der Waals surface area contributed by atoms with Gasteiger partial charge in [-0.25, -0.2) is 0 Å². The molecule has 3 rings (SSSR count). The second-order valence-corrected chi connectivity index (χ2v) is 6.44. The fourth-order valence-corrected chi connectivity index (χ4v) is 3.43. The summed E-state index contributed by atoms with van der Waals surface area (Å²) in [7, 11) is 0. The largest absolute Gasteiger partial charge is 0.347 e. The van der Waals surface area contributed by atoms with Crippen molar-refractivity contribution in [3.8, 4) is 0 Å². The molecule has 0 unspecified atom stereocenters. The summed E-state index contributed by atoms with van der Waals surface area (Å²) in [6.45, 7) is 1.15. The summed E-state index contributed by atoms with van der Waals surface area (Å²) in [5, 5.41) is 3.39. The van der Waals surface area contributed by atoms with Crippen LogP contribution in [0.2, 0.25) is 5.02 Å². The van der Waals surface area contributed by atoms with Crippen LogP contribution in [0.1, 0.15) is 23.2 Å². The topological polar surface area (TPSA) is 49.4 Å². The van der Waals surface area contributed by atoms with E-state index in [4.69, 9.17) is 11.6 Å². The lowest BCUT2D eigenvalue weighted by Crippen LogP contribution is -2.68. The van der Waals surface area contributed by atoms with Crippen LogP contribution in [-0.2, 0) is 4.79 Å². The van der Waals surface area contributed by atoms with Crippen molar-refractivity contribution >= 4 is 39.3 Å². The molecule has 19 heavy (non-hydrogen) atoms. The van der Waals surface area contributed by atoms with Crippen molar-refractivity contribution in [2.75, 3.05) is 13.1 Å². The van der Waals surface area contributed by atoms with Crippen molar-refractivity contribution in [3.63, 3.8) is 0 Å². The van der Waals surface area contributed by atoms with Crippen LogP contribution in [0.5, 0.6) is 0 Å². The fourth-order valence-electron chi connectivity index (χ4n) is 2.67. The number of hydrogen-bond donors (Lipinski definition) is 1. The first-order valence-electron chi connectivity index (χ1n) is 6.04. The van der Waals surface area contributed by atoms with Gasteiger partial charge in [0.2, 0.25) is 5.91 Å². The van der Waals surface area contributed by atoms with Crippen molar-refractivity contribution in [3.05, 3.63) is 33.3 Å². The molecule has 0 bridgehead atoms. The number of likely N-dealkylation sites (tertiary alicyclic amines) is 1. The van der Waals surface area contributed by atoms with Crippen LogP contribution in [0, 0.1) is 0 Å². The quantitative estimate of drug-likeness (QED) is 0.850. The Morgan fingerprint density at radius 3 is 2.74 bits per heavy atom. The lowest BCUT2D eigenvalue weighted by Gasteiger charge is -2.47. The molecule has 1 aromatic carbocycles. The molecule has 2 heterocycles. The van der Waals surface area contributed by atoms with Gasteiger partial charge < -0.3 is 10.2 Å². The van der Waals surface area contributed by atoms with Gasteiger partial charge >= 0.3 is 0 Å². The number of halogens is 2. The molecule has 1 N–H and O–H groups in total. The smallest absolute Gasteiger partial charge is 0.255 e. The first kappa shape index (κ1) is 12.9. The number of benzene rings is 1. The Bertz CT molecular complexity index is 570. The molecule has 1 spiro atoms. The molecule has 100 valence electrons. The summed E-state index contributed by atoms with van der Waals surface area (Å²) in [6, 6.07) is 5.22. The maximum atomic E-state index is 12.3. The van der Waals surface area contributed by atoms with E-state index >= 15 is 0 Å². The molecule has 6 heteroatoms. The first-order valence-corrected chi connectivity index (χ1v) is 7.22. The molecular formula is C13H12BrClN2O2. The van der Waals surface area contributed by atoms with Crippen LogP contribution < -0.4 is 5.32 Å². The van der Waals surface area contributed by atoms with Gasteiger partial charge in [0, 0.05) is 24.0 Å². The molecule has 2 fully saturated rings. The predicted octanol–water partition coefficient (Wildman–Crippen LogP) is 2.21. The maximum Gasteiger partial charge on any atom is 0.255 e. The summed E-state index contributed by atoms with van der Waals surface area (Å²) < 4.78 is 0.845. The van der Waals surface area contributed by atoms with Crippen LogP contribution in [0.4, 0.5) is 0 Å². The van der Waals surface area contributed by atoms with Crippen LogP contribution >= 0.6 is 27.5 Å². The van der Waals surface area contributed by atoms with Crippen LogP contribution in [0.3, 0.4) is 0 Å². The highest BCUT2D eigenvalue weighted by atomic mass is 79.9. The summed E-state index contributed by atoms with van der Waals surface area (Å²) >= 11 is 9.39. The van der Waals surface area contributed by atoms with E-state index in [-0.39, 0.29) is 17.4 Å². The highest BCUT2D eigenvalue weighted by Crippen LogP contribution is 2.32. The molecule has 1 aromatic rings. The molecule has 2 aliphatic heterocycles. The Kier molecular flexibility index (Phi) is 3.06. The summed E-state index contributed by atoms with van der Waals surface area (Å²) in [6.07, 6.45) is 1.37. The van der Waals surface area contributed by atoms with Crippen LogP contribution in [-0.4, -0.2) is 35.3 Å². The molecule has 2 aliphatic rings. The lowest BCUT2D eigenvalue weighted by atomic mass is 9.88. The average molecular weight is 344 g/mol. The second-order valence-electron chi connectivity index (χ2n) is 5.11. The Morgan fingerprint density at radius 1 is 1.42 bits per heavy atom. The number of carbonyl (C=O) groups is 2. The van der Waals surface area contributed by atoms with Gasteiger partial charge in [0.25, 0.3) is 5.91 Å². The van der Waals surface area contributed by atoms with Crippen molar-refractivity contribution in [2.45, 2.75) is 18.4 Å². The molecule has 0 aliphatic carbocycles. The third kappa shape index (κ3) is 2.25. The van der Waals surface area contributed by atoms with Gasteiger partial charge in [0.05, 0.1) is 16.1 Å². The molecular weight excluding hydrogens is 332 g/mol. The summed E-state index contributed by atoms with van der Waals surface area (Å²) in [4.78, 5) is 25.3. The molecule has 0 aromatic heterocycles. The number of amides is 2. The number of hydrogen-bond acceptors (Lipinski definition) is 2. The van der Waals surface area contributed by atoms with E-state index in [0.29, 0.717) is 30.1 Å². The SMILES string of the molecule is O=C1CCC2(CN(C(=O)c3ccc(Br)cc3Cl)C2)N1. The lowest BCUT2D eigenvalue weighted by molar-refractivity contribution is -0.120. The third-order valence-corrected chi connectivity index (χ3v) is 4.48. The van der Waals surface area contributed by atoms with E-state index in [1.54, 1.807) is 23.1 Å². The fraction of sp³-hybridized carbons (Fsp3) is 0.385. The summed E-state index contributed by atoms with van der Waals surface area (Å²) in [5.74, 6) is -0.00181. The molecule has 2 saturated heterocycles. The van der Waals surface area contributed by atoms with Gasteiger partial charge in [-0.05, 0) is 24.6 Å². The zero-order valence-electron chi connectivity index (χ0n) is 10.1. The third-order valence-electron chi connectivity index (χ3n) is 3.67. The second kappa shape index (κ2) is 4.49. The van der Waals surface area contributed by atoms with Gasteiger partial charge in [-0.15, -0.1) is 0 Å². The van der Waals surface area contributed by atoms with E-state index in [1.165, 1.54) is 0 Å². The first-order chi connectivity index (χ1) is 8.99. The normalized spacial score (nSPS) is 20.3. The molecule has 2 amide bonds. The van der Waals surface area contributed by atoms with Gasteiger partial charge in [-0.1, -0.05) is 27.5 Å². The minimum absolute atomic E-state index is 0.0776. The standard InChI is InChI=1S/C13H12BrClN2O2/c14-8-1-2-9(10(15)5-8)12(19)17-6-13(7-17)4-3-11(18)16-13/h1-2,5H,3-4,6-7H2,(H,16,18). The van der Waals surface area contributed by atoms with E-state index < -0.39 is 0 Å². The van der Waals surface area contributed by atoms with Gasteiger partial charge in [-0.2, -0.15) is 0 Å². The maximum absolute atomic E-state index is 12.3. The highest BCUT2D eigenvalue weighted by molar-refractivity contribution is 9.10. The van der Waals surface area contributed by atoms with Crippen molar-refractivity contribution in [1.29, 1.82) is 0 Å². The van der Waals surface area contributed by atoms with E-state index in [9.17, 15) is 9.59 Å². The molecule has 0 saturated carbocycles. The van der Waals surface area contributed by atoms with Gasteiger partial charge in [0.15, 0.2) is 0 Å². The molecule has 0 atom stereocenters. The number of carbonyl (C=O) groups excluding carboxylic acids is 2. The van der Waals surface area contributed by atoms with Gasteiger partial charge in [0.1, 0.15) is 0 Å². The zero-order valence-corrected chi connectivity index (χ0v) is 12.4. The van der Waals surface area contributed by atoms with E-state index in [1.807, 2.05) is 0 Å². The Labute approximate surface area is 124 Å². The monoisotopic (exact) mass is 342 g/mol.